The van der Waals surface area contributed by atoms with Crippen LogP contribution in [0.2, 0.25) is 0 Å². The molecule has 0 aromatic heterocycles. The van der Waals surface area contributed by atoms with Crippen molar-refractivity contribution in [3.63, 3.8) is 0 Å². The van der Waals surface area contributed by atoms with Crippen LogP contribution in [0.4, 0.5) is 0 Å². The summed E-state index contributed by atoms with van der Waals surface area (Å²) in [5.74, 6) is 0.0619. The summed E-state index contributed by atoms with van der Waals surface area (Å²) in [7, 11) is 3.25. The van der Waals surface area contributed by atoms with Crippen LogP contribution in [0.3, 0.4) is 0 Å². The highest BCUT2D eigenvalue weighted by atomic mass is 16.4. The van der Waals surface area contributed by atoms with Crippen LogP contribution in [0, 0.1) is 0 Å². The second-order valence-corrected chi connectivity index (χ2v) is 3.07. The molecule has 0 fully saturated rings. The Bertz CT molecular complexity index is 310. The Kier molecular flexibility index (Phi) is 4.13. The molecule has 1 heterocycles. The van der Waals surface area contributed by atoms with Crippen LogP contribution in [0.25, 0.3) is 0 Å². The predicted molar refractivity (Wildman–Crippen MR) is 55.4 cm³/mol. The fourth-order valence-electron chi connectivity index (χ4n) is 1.37. The molecule has 76 valence electrons. The van der Waals surface area contributed by atoms with Crippen molar-refractivity contribution in [1.29, 1.82) is 0 Å². The number of hydrogen-bond acceptors (Lipinski definition) is 2. The number of nitrogens with one attached hydrogen (secondary N) is 1. The average molecular weight is 193 g/mol. The molecular weight excluding hydrogens is 178 g/mol. The van der Waals surface area contributed by atoms with Crippen LogP contribution in [-0.4, -0.2) is 26.7 Å². The minimum Gasteiger partial charge on any atom is -0.388 e. The summed E-state index contributed by atoms with van der Waals surface area (Å²) in [6.07, 6.45) is 0.960. The smallest absolute Gasteiger partial charge is 0.251 e. The molecule has 14 heavy (non-hydrogen) atoms. The van der Waals surface area contributed by atoms with Crippen LogP contribution in [-0.2, 0) is 11.2 Å². The number of fused-ring (bicyclic) bond motifs is 1. The summed E-state index contributed by atoms with van der Waals surface area (Å²) in [5.41, 5.74) is 2.00. The van der Waals surface area contributed by atoms with E-state index in [1.165, 1.54) is 0 Å². The molecule has 0 unspecified atom stereocenters. The zero-order valence-electron chi connectivity index (χ0n) is 8.54. The Morgan fingerprint density at radius 2 is 1.93 bits per heavy atom. The fraction of sp³-hybridized carbons (Fsp3) is 0.364. The van der Waals surface area contributed by atoms with E-state index in [0.29, 0.717) is 0 Å². The molecule has 0 saturated heterocycles. The largest absolute Gasteiger partial charge is 0.388 e. The maximum atomic E-state index is 11.2. The Balaban J connectivity index is 0.000000293. The summed E-state index contributed by atoms with van der Waals surface area (Å²) >= 11 is 0. The first kappa shape index (κ1) is 10.7. The summed E-state index contributed by atoms with van der Waals surface area (Å²) < 4.78 is 4.25. The van der Waals surface area contributed by atoms with Crippen LogP contribution in [0.15, 0.2) is 24.3 Å². The molecule has 0 saturated carbocycles. The van der Waals surface area contributed by atoms with E-state index in [1.54, 1.807) is 14.2 Å². The van der Waals surface area contributed by atoms with Gasteiger partial charge in [-0.2, -0.15) is 0 Å². The van der Waals surface area contributed by atoms with Crippen molar-refractivity contribution in [2.45, 2.75) is 6.42 Å². The Hall–Kier alpha value is -1.35. The van der Waals surface area contributed by atoms with Gasteiger partial charge in [-0.15, -0.1) is 0 Å². The maximum Gasteiger partial charge on any atom is 0.251 e. The standard InChI is InChI=1S/C9H9NO.C2H6O/c11-9-8-4-2-1-3-7(8)5-6-10-9;1-3-2/h1-4H,5-6H2,(H,10,11);1-2H3. The average Bonchev–Trinajstić information content (AvgIpc) is 2.20. The van der Waals surface area contributed by atoms with Gasteiger partial charge >= 0.3 is 0 Å². The molecule has 1 aliphatic heterocycles. The maximum absolute atomic E-state index is 11.2. The molecule has 1 aromatic rings. The van der Waals surface area contributed by atoms with E-state index >= 15 is 0 Å². The van der Waals surface area contributed by atoms with Crippen LogP contribution in [0.1, 0.15) is 15.9 Å². The van der Waals surface area contributed by atoms with E-state index < -0.39 is 0 Å². The molecule has 1 N–H and O–H groups in total. The minimum absolute atomic E-state index is 0.0619. The number of ether oxygens (including phenoxy) is 1. The number of carbonyl (C=O) groups excluding carboxylic acids is 1. The Labute approximate surface area is 84.1 Å². The third-order valence-corrected chi connectivity index (χ3v) is 1.94. The van der Waals surface area contributed by atoms with E-state index in [2.05, 4.69) is 10.1 Å². The Morgan fingerprint density at radius 3 is 2.57 bits per heavy atom. The lowest BCUT2D eigenvalue weighted by Crippen LogP contribution is -2.31. The van der Waals surface area contributed by atoms with Gasteiger partial charge < -0.3 is 10.1 Å². The molecule has 1 amide bonds. The number of amides is 1. The highest BCUT2D eigenvalue weighted by Crippen LogP contribution is 2.11. The first-order valence-corrected chi connectivity index (χ1v) is 4.56. The minimum atomic E-state index is 0.0619. The number of carbonyl (C=O) groups is 1. The number of benzene rings is 1. The van der Waals surface area contributed by atoms with Crippen molar-refractivity contribution < 1.29 is 9.53 Å². The van der Waals surface area contributed by atoms with Gasteiger partial charge in [0.1, 0.15) is 0 Å². The molecule has 1 aliphatic rings. The topological polar surface area (TPSA) is 38.3 Å². The zero-order valence-corrected chi connectivity index (χ0v) is 8.54. The van der Waals surface area contributed by atoms with Crippen molar-refractivity contribution in [2.75, 3.05) is 20.8 Å². The summed E-state index contributed by atoms with van der Waals surface area (Å²) in [6, 6.07) is 7.74. The summed E-state index contributed by atoms with van der Waals surface area (Å²) in [4.78, 5) is 11.2. The van der Waals surface area contributed by atoms with Crippen molar-refractivity contribution >= 4 is 5.91 Å². The number of hydrogen-bond donors (Lipinski definition) is 1. The first-order chi connectivity index (χ1) is 6.79. The van der Waals surface area contributed by atoms with E-state index in [0.717, 1.165) is 24.1 Å². The Morgan fingerprint density at radius 1 is 1.29 bits per heavy atom. The molecule has 0 aliphatic carbocycles. The molecular formula is C11H15NO2. The van der Waals surface area contributed by atoms with Gasteiger partial charge in [-0.3, -0.25) is 4.79 Å². The predicted octanol–water partition coefficient (Wildman–Crippen LogP) is 1.24. The lowest BCUT2D eigenvalue weighted by Gasteiger charge is -2.15. The molecule has 3 nitrogen and oxygen atoms in total. The van der Waals surface area contributed by atoms with Gasteiger partial charge in [0.15, 0.2) is 0 Å². The highest BCUT2D eigenvalue weighted by molar-refractivity contribution is 5.96. The van der Waals surface area contributed by atoms with E-state index in [1.807, 2.05) is 24.3 Å². The third-order valence-electron chi connectivity index (χ3n) is 1.94. The second kappa shape index (κ2) is 5.40. The van der Waals surface area contributed by atoms with Crippen molar-refractivity contribution in [2.24, 2.45) is 0 Å². The molecule has 0 atom stereocenters. The van der Waals surface area contributed by atoms with E-state index in [4.69, 9.17) is 0 Å². The van der Waals surface area contributed by atoms with Gasteiger partial charge in [0.2, 0.25) is 0 Å². The van der Waals surface area contributed by atoms with Crippen LogP contribution >= 0.6 is 0 Å². The van der Waals surface area contributed by atoms with Crippen LogP contribution in [0.5, 0.6) is 0 Å². The molecule has 0 radical (unpaired) electrons. The van der Waals surface area contributed by atoms with E-state index in [-0.39, 0.29) is 5.91 Å². The molecule has 3 heteroatoms. The van der Waals surface area contributed by atoms with Gasteiger partial charge in [-0.25, -0.2) is 0 Å². The second-order valence-electron chi connectivity index (χ2n) is 3.07. The fourth-order valence-corrected chi connectivity index (χ4v) is 1.37. The van der Waals surface area contributed by atoms with Gasteiger partial charge in [0.05, 0.1) is 0 Å². The van der Waals surface area contributed by atoms with Gasteiger partial charge in [-0.1, -0.05) is 18.2 Å². The molecule has 1 aromatic carbocycles. The monoisotopic (exact) mass is 193 g/mol. The van der Waals surface area contributed by atoms with Crippen LogP contribution < -0.4 is 5.32 Å². The zero-order chi connectivity index (χ0) is 10.4. The molecule has 0 bridgehead atoms. The third kappa shape index (κ3) is 2.57. The lowest BCUT2D eigenvalue weighted by atomic mass is 10.0. The summed E-state index contributed by atoms with van der Waals surface area (Å²) in [5, 5.41) is 2.80. The molecule has 0 spiro atoms. The summed E-state index contributed by atoms with van der Waals surface area (Å²) in [6.45, 7) is 0.774. The van der Waals surface area contributed by atoms with Crippen molar-refractivity contribution in [1.82, 2.24) is 5.32 Å². The van der Waals surface area contributed by atoms with Gasteiger partial charge in [0, 0.05) is 26.3 Å². The van der Waals surface area contributed by atoms with Gasteiger partial charge in [0.25, 0.3) is 5.91 Å². The van der Waals surface area contributed by atoms with Crippen molar-refractivity contribution in [3.8, 4) is 0 Å². The quantitative estimate of drug-likeness (QED) is 0.673. The van der Waals surface area contributed by atoms with Gasteiger partial charge in [-0.05, 0) is 18.1 Å². The highest BCUT2D eigenvalue weighted by Gasteiger charge is 2.14. The van der Waals surface area contributed by atoms with E-state index in [9.17, 15) is 4.79 Å². The van der Waals surface area contributed by atoms with Crippen molar-refractivity contribution in [3.05, 3.63) is 35.4 Å². The number of methoxy groups -OCH3 is 1. The normalized spacial score (nSPS) is 13.4. The first-order valence-electron chi connectivity index (χ1n) is 4.56. The lowest BCUT2D eigenvalue weighted by molar-refractivity contribution is 0.0946. The SMILES string of the molecule is COC.O=C1NCCc2ccccc21. The molecule has 2 rings (SSSR count). The number of rotatable bonds is 0.